The Morgan fingerprint density at radius 2 is 1.83 bits per heavy atom. The molecule has 2 N–H and O–H groups in total. The standard InChI is InChI=1S/C14H12INO2/c1-9-8-12(17)6-7-13(9)16-14(18)10-2-4-11(15)5-3-10/h2-8,17H,1H3,(H,16,18). The van der Waals surface area contributed by atoms with Gasteiger partial charge in [0.15, 0.2) is 0 Å². The molecule has 0 saturated carbocycles. The number of amides is 1. The second-order valence-corrected chi connectivity index (χ2v) is 5.21. The Morgan fingerprint density at radius 1 is 1.17 bits per heavy atom. The molecule has 0 unspecified atom stereocenters. The fourth-order valence-electron chi connectivity index (χ4n) is 1.58. The molecule has 2 aromatic rings. The van der Waals surface area contributed by atoms with Crippen LogP contribution in [0, 0.1) is 10.5 Å². The molecule has 0 spiro atoms. The summed E-state index contributed by atoms with van der Waals surface area (Å²) in [4.78, 5) is 12.0. The minimum Gasteiger partial charge on any atom is -0.508 e. The van der Waals surface area contributed by atoms with E-state index in [1.165, 1.54) is 0 Å². The van der Waals surface area contributed by atoms with Gasteiger partial charge in [0, 0.05) is 14.8 Å². The van der Waals surface area contributed by atoms with Crippen molar-refractivity contribution in [3.8, 4) is 5.75 Å². The second-order valence-electron chi connectivity index (χ2n) is 3.96. The highest BCUT2D eigenvalue weighted by molar-refractivity contribution is 14.1. The number of rotatable bonds is 2. The largest absolute Gasteiger partial charge is 0.508 e. The van der Waals surface area contributed by atoms with Crippen molar-refractivity contribution in [3.05, 3.63) is 57.2 Å². The second kappa shape index (κ2) is 5.39. The fraction of sp³-hybridized carbons (Fsp3) is 0.0714. The third-order valence-corrected chi connectivity index (χ3v) is 3.28. The van der Waals surface area contributed by atoms with E-state index >= 15 is 0 Å². The average Bonchev–Trinajstić information content (AvgIpc) is 2.33. The predicted octanol–water partition coefficient (Wildman–Crippen LogP) is 3.56. The highest BCUT2D eigenvalue weighted by Crippen LogP contribution is 2.20. The van der Waals surface area contributed by atoms with Gasteiger partial charge in [-0.3, -0.25) is 4.79 Å². The molecule has 3 nitrogen and oxygen atoms in total. The smallest absolute Gasteiger partial charge is 0.255 e. The first kappa shape index (κ1) is 12.9. The third-order valence-electron chi connectivity index (χ3n) is 2.56. The van der Waals surface area contributed by atoms with Gasteiger partial charge in [0.2, 0.25) is 0 Å². The van der Waals surface area contributed by atoms with Gasteiger partial charge in [-0.15, -0.1) is 0 Å². The quantitative estimate of drug-likeness (QED) is 0.641. The van der Waals surface area contributed by atoms with Crippen LogP contribution >= 0.6 is 22.6 Å². The lowest BCUT2D eigenvalue weighted by Gasteiger charge is -2.08. The van der Waals surface area contributed by atoms with E-state index in [0.717, 1.165) is 9.13 Å². The zero-order valence-electron chi connectivity index (χ0n) is 9.77. The first-order valence-electron chi connectivity index (χ1n) is 5.43. The van der Waals surface area contributed by atoms with Crippen LogP contribution in [-0.2, 0) is 0 Å². The van der Waals surface area contributed by atoms with E-state index < -0.39 is 0 Å². The summed E-state index contributed by atoms with van der Waals surface area (Å²) in [5, 5.41) is 12.1. The van der Waals surface area contributed by atoms with E-state index in [1.807, 2.05) is 19.1 Å². The molecule has 2 aromatic carbocycles. The Balaban J connectivity index is 2.18. The van der Waals surface area contributed by atoms with Crippen molar-refractivity contribution in [1.29, 1.82) is 0 Å². The number of hydrogen-bond acceptors (Lipinski definition) is 2. The number of aryl methyl sites for hydroxylation is 1. The molecule has 92 valence electrons. The van der Waals surface area contributed by atoms with Crippen molar-refractivity contribution in [2.75, 3.05) is 5.32 Å². The molecule has 2 rings (SSSR count). The maximum Gasteiger partial charge on any atom is 0.255 e. The van der Waals surface area contributed by atoms with Crippen molar-refractivity contribution in [3.63, 3.8) is 0 Å². The fourth-order valence-corrected chi connectivity index (χ4v) is 1.94. The van der Waals surface area contributed by atoms with Crippen molar-refractivity contribution in [1.82, 2.24) is 0 Å². The zero-order chi connectivity index (χ0) is 13.1. The summed E-state index contributed by atoms with van der Waals surface area (Å²) in [5.41, 5.74) is 2.15. The number of aromatic hydroxyl groups is 1. The summed E-state index contributed by atoms with van der Waals surface area (Å²) in [6.45, 7) is 1.84. The van der Waals surface area contributed by atoms with Crippen LogP contribution in [0.5, 0.6) is 5.75 Å². The molecule has 0 atom stereocenters. The van der Waals surface area contributed by atoms with Crippen molar-refractivity contribution >= 4 is 34.2 Å². The number of nitrogens with one attached hydrogen (secondary N) is 1. The number of carbonyl (C=O) groups excluding carboxylic acids is 1. The van der Waals surface area contributed by atoms with Gasteiger partial charge in [-0.25, -0.2) is 0 Å². The minimum absolute atomic E-state index is 0.153. The molecule has 0 fully saturated rings. The third kappa shape index (κ3) is 3.01. The van der Waals surface area contributed by atoms with Crippen molar-refractivity contribution in [2.24, 2.45) is 0 Å². The van der Waals surface area contributed by atoms with Crippen LogP contribution in [0.15, 0.2) is 42.5 Å². The summed E-state index contributed by atoms with van der Waals surface area (Å²) >= 11 is 2.19. The molecule has 18 heavy (non-hydrogen) atoms. The minimum atomic E-state index is -0.153. The van der Waals surface area contributed by atoms with Gasteiger partial charge < -0.3 is 10.4 Å². The Hall–Kier alpha value is -1.56. The van der Waals surface area contributed by atoms with E-state index in [4.69, 9.17) is 0 Å². The van der Waals surface area contributed by atoms with Crippen LogP contribution < -0.4 is 5.32 Å². The maximum atomic E-state index is 12.0. The monoisotopic (exact) mass is 353 g/mol. The normalized spacial score (nSPS) is 10.1. The van der Waals surface area contributed by atoms with Gasteiger partial charge in [0.1, 0.15) is 5.75 Å². The van der Waals surface area contributed by atoms with Gasteiger partial charge in [-0.05, 0) is 77.5 Å². The summed E-state index contributed by atoms with van der Waals surface area (Å²) in [6, 6.07) is 12.2. The van der Waals surface area contributed by atoms with E-state index in [0.29, 0.717) is 11.3 Å². The molecule has 0 saturated heterocycles. The van der Waals surface area contributed by atoms with Crippen LogP contribution in [0.4, 0.5) is 5.69 Å². The lowest BCUT2D eigenvalue weighted by molar-refractivity contribution is 0.102. The lowest BCUT2D eigenvalue weighted by atomic mass is 10.1. The molecule has 1 amide bonds. The molecular weight excluding hydrogens is 341 g/mol. The number of carbonyl (C=O) groups is 1. The van der Waals surface area contributed by atoms with Crippen molar-refractivity contribution < 1.29 is 9.90 Å². The SMILES string of the molecule is Cc1cc(O)ccc1NC(=O)c1ccc(I)cc1. The Labute approximate surface area is 119 Å². The maximum absolute atomic E-state index is 12.0. The predicted molar refractivity (Wildman–Crippen MR) is 80.0 cm³/mol. The van der Waals surface area contributed by atoms with E-state index in [1.54, 1.807) is 30.3 Å². The molecule has 0 heterocycles. The topological polar surface area (TPSA) is 49.3 Å². The van der Waals surface area contributed by atoms with Gasteiger partial charge in [0.05, 0.1) is 0 Å². The molecule has 0 aliphatic carbocycles. The van der Waals surface area contributed by atoms with E-state index in [2.05, 4.69) is 27.9 Å². The van der Waals surface area contributed by atoms with Crippen LogP contribution in [0.1, 0.15) is 15.9 Å². The number of anilines is 1. The first-order chi connectivity index (χ1) is 8.56. The van der Waals surface area contributed by atoms with Crippen LogP contribution in [-0.4, -0.2) is 11.0 Å². The highest BCUT2D eigenvalue weighted by atomic mass is 127. The van der Waals surface area contributed by atoms with Gasteiger partial charge in [-0.1, -0.05) is 0 Å². The Morgan fingerprint density at radius 3 is 2.44 bits per heavy atom. The van der Waals surface area contributed by atoms with Crippen molar-refractivity contribution in [2.45, 2.75) is 6.92 Å². The van der Waals surface area contributed by atoms with Gasteiger partial charge in [-0.2, -0.15) is 0 Å². The molecule has 0 bridgehead atoms. The van der Waals surface area contributed by atoms with Gasteiger partial charge >= 0.3 is 0 Å². The number of benzene rings is 2. The van der Waals surface area contributed by atoms with Crippen LogP contribution in [0.3, 0.4) is 0 Å². The highest BCUT2D eigenvalue weighted by Gasteiger charge is 2.07. The number of hydrogen-bond donors (Lipinski definition) is 2. The summed E-state index contributed by atoms with van der Waals surface area (Å²) in [5.74, 6) is 0.0416. The molecule has 0 radical (unpaired) electrons. The van der Waals surface area contributed by atoms with E-state index in [9.17, 15) is 9.90 Å². The first-order valence-corrected chi connectivity index (χ1v) is 6.50. The number of phenolic OH excluding ortho intramolecular Hbond substituents is 1. The molecular formula is C14H12INO2. The molecule has 0 aliphatic rings. The Bertz CT molecular complexity index is 579. The average molecular weight is 353 g/mol. The molecule has 0 aromatic heterocycles. The van der Waals surface area contributed by atoms with Crippen LogP contribution in [0.25, 0.3) is 0 Å². The summed E-state index contributed by atoms with van der Waals surface area (Å²) in [7, 11) is 0. The summed E-state index contributed by atoms with van der Waals surface area (Å²) < 4.78 is 1.09. The summed E-state index contributed by atoms with van der Waals surface area (Å²) in [6.07, 6.45) is 0. The van der Waals surface area contributed by atoms with Gasteiger partial charge in [0.25, 0.3) is 5.91 Å². The van der Waals surface area contributed by atoms with Crippen LogP contribution in [0.2, 0.25) is 0 Å². The number of phenols is 1. The molecule has 4 heteroatoms. The lowest BCUT2D eigenvalue weighted by Crippen LogP contribution is -2.12. The van der Waals surface area contributed by atoms with E-state index in [-0.39, 0.29) is 11.7 Å². The number of halogens is 1. The zero-order valence-corrected chi connectivity index (χ0v) is 11.9. The Kier molecular flexibility index (Phi) is 3.86. The molecule has 0 aliphatic heterocycles.